The highest BCUT2D eigenvalue weighted by Crippen LogP contribution is 2.30. The van der Waals surface area contributed by atoms with Gasteiger partial charge in [0.05, 0.1) is 24.9 Å². The molecule has 2 N–H and O–H groups in total. The van der Waals surface area contributed by atoms with Gasteiger partial charge in [-0.3, -0.25) is 9.59 Å². The molecule has 0 atom stereocenters. The summed E-state index contributed by atoms with van der Waals surface area (Å²) in [5.74, 6) is 0.581. The number of benzene rings is 1. The fourth-order valence-electron chi connectivity index (χ4n) is 2.11. The van der Waals surface area contributed by atoms with Gasteiger partial charge < -0.3 is 15.4 Å². The summed E-state index contributed by atoms with van der Waals surface area (Å²) in [5, 5.41) is 7.91. The van der Waals surface area contributed by atoms with Crippen molar-refractivity contribution in [2.24, 2.45) is 5.92 Å². The fraction of sp³-hybridized carbons (Fsp3) is 0.312. The van der Waals surface area contributed by atoms with Crippen LogP contribution < -0.4 is 15.4 Å². The van der Waals surface area contributed by atoms with E-state index in [1.165, 1.54) is 11.3 Å². The van der Waals surface area contributed by atoms with Crippen LogP contribution in [0, 0.1) is 5.92 Å². The lowest BCUT2D eigenvalue weighted by Crippen LogP contribution is -2.16. The van der Waals surface area contributed by atoms with Crippen molar-refractivity contribution in [3.8, 4) is 5.75 Å². The molecule has 1 aromatic carbocycles. The van der Waals surface area contributed by atoms with Crippen LogP contribution in [0.15, 0.2) is 29.6 Å². The summed E-state index contributed by atoms with van der Waals surface area (Å²) < 4.78 is 5.20. The van der Waals surface area contributed by atoms with Gasteiger partial charge in [-0.2, -0.15) is 0 Å². The largest absolute Gasteiger partial charge is 0.495 e. The first-order valence-corrected chi connectivity index (χ1v) is 8.22. The Morgan fingerprint density at radius 2 is 2.09 bits per heavy atom. The second kappa shape index (κ2) is 6.78. The number of ether oxygens (including phenoxy) is 1. The van der Waals surface area contributed by atoms with Gasteiger partial charge in [-0.1, -0.05) is 12.1 Å². The molecular weight excluding hydrogens is 314 g/mol. The molecule has 0 saturated heterocycles. The molecule has 6 nitrogen and oxygen atoms in total. The van der Waals surface area contributed by atoms with Gasteiger partial charge in [0.25, 0.3) is 0 Å². The quantitative estimate of drug-likeness (QED) is 0.853. The van der Waals surface area contributed by atoms with Crippen LogP contribution >= 0.6 is 11.3 Å². The summed E-state index contributed by atoms with van der Waals surface area (Å²) in [6, 6.07) is 7.22. The first-order valence-electron chi connectivity index (χ1n) is 7.34. The number of rotatable bonds is 6. The normalized spacial score (nSPS) is 13.4. The Hall–Kier alpha value is -2.41. The lowest BCUT2D eigenvalue weighted by Gasteiger charge is -2.08. The molecule has 2 amide bonds. The highest BCUT2D eigenvalue weighted by atomic mass is 32.1. The Kier molecular flexibility index (Phi) is 4.57. The molecule has 2 aromatic rings. The number of anilines is 2. The van der Waals surface area contributed by atoms with Gasteiger partial charge in [-0.15, -0.1) is 11.3 Å². The maximum Gasteiger partial charge on any atom is 0.230 e. The number of para-hydroxylation sites is 2. The minimum atomic E-state index is -0.181. The topological polar surface area (TPSA) is 80.3 Å². The number of amides is 2. The third-order valence-electron chi connectivity index (χ3n) is 3.45. The minimum absolute atomic E-state index is 0.0179. The van der Waals surface area contributed by atoms with Crippen LogP contribution in [0.2, 0.25) is 0 Å². The lowest BCUT2D eigenvalue weighted by molar-refractivity contribution is -0.117. The average molecular weight is 331 g/mol. The third kappa shape index (κ3) is 4.07. The van der Waals surface area contributed by atoms with E-state index in [2.05, 4.69) is 15.6 Å². The van der Waals surface area contributed by atoms with Crippen LogP contribution in [0.5, 0.6) is 5.75 Å². The van der Waals surface area contributed by atoms with Gasteiger partial charge in [-0.05, 0) is 25.0 Å². The predicted octanol–water partition coefficient (Wildman–Crippen LogP) is 2.68. The van der Waals surface area contributed by atoms with Crippen LogP contribution in [0.25, 0.3) is 0 Å². The maximum absolute atomic E-state index is 12.1. The van der Waals surface area contributed by atoms with Gasteiger partial charge >= 0.3 is 0 Å². The zero-order valence-electron chi connectivity index (χ0n) is 12.7. The van der Waals surface area contributed by atoms with Crippen molar-refractivity contribution in [1.82, 2.24) is 4.98 Å². The summed E-state index contributed by atoms with van der Waals surface area (Å²) in [4.78, 5) is 28.1. The van der Waals surface area contributed by atoms with E-state index in [4.69, 9.17) is 4.74 Å². The second-order valence-electron chi connectivity index (χ2n) is 5.33. The van der Waals surface area contributed by atoms with E-state index in [-0.39, 0.29) is 24.2 Å². The average Bonchev–Trinajstić information content (AvgIpc) is 3.30. The van der Waals surface area contributed by atoms with Crippen LogP contribution in [0.1, 0.15) is 18.5 Å². The van der Waals surface area contributed by atoms with E-state index in [0.717, 1.165) is 12.8 Å². The van der Waals surface area contributed by atoms with Crippen LogP contribution in [0.3, 0.4) is 0 Å². The minimum Gasteiger partial charge on any atom is -0.495 e. The molecule has 0 unspecified atom stereocenters. The smallest absolute Gasteiger partial charge is 0.230 e. The number of carbonyl (C=O) groups excluding carboxylic acids is 2. The first-order chi connectivity index (χ1) is 11.2. The molecule has 23 heavy (non-hydrogen) atoms. The predicted molar refractivity (Wildman–Crippen MR) is 88.8 cm³/mol. The van der Waals surface area contributed by atoms with Crippen molar-refractivity contribution >= 4 is 34.0 Å². The van der Waals surface area contributed by atoms with Crippen molar-refractivity contribution in [1.29, 1.82) is 0 Å². The molecular formula is C16H17N3O3S. The first kappa shape index (κ1) is 15.5. The molecule has 0 spiro atoms. The van der Waals surface area contributed by atoms with Gasteiger partial charge in [0.15, 0.2) is 5.13 Å². The number of nitrogens with one attached hydrogen (secondary N) is 2. The number of nitrogens with zero attached hydrogens (tertiary/aromatic N) is 1. The number of aromatic nitrogens is 1. The van der Waals surface area contributed by atoms with Crippen LogP contribution in [-0.2, 0) is 16.0 Å². The van der Waals surface area contributed by atoms with E-state index in [1.54, 1.807) is 24.6 Å². The lowest BCUT2D eigenvalue weighted by atomic mass is 10.2. The van der Waals surface area contributed by atoms with Gasteiger partial charge in [0.1, 0.15) is 5.75 Å². The van der Waals surface area contributed by atoms with E-state index >= 15 is 0 Å². The number of carbonyl (C=O) groups is 2. The standard InChI is InChI=1S/C16H17N3O3S/c1-22-13-5-3-2-4-12(13)18-14(20)8-11-9-23-16(17-11)19-15(21)10-6-7-10/h2-5,9-10H,6-8H2,1H3,(H,18,20)(H,17,19,21). The van der Waals surface area contributed by atoms with Gasteiger partial charge in [0, 0.05) is 11.3 Å². The van der Waals surface area contributed by atoms with Crippen molar-refractivity contribution in [3.05, 3.63) is 35.3 Å². The van der Waals surface area contributed by atoms with E-state index < -0.39 is 0 Å². The van der Waals surface area contributed by atoms with Crippen LogP contribution in [0.4, 0.5) is 10.8 Å². The van der Waals surface area contributed by atoms with Crippen molar-refractivity contribution in [2.45, 2.75) is 19.3 Å². The van der Waals surface area contributed by atoms with Crippen LogP contribution in [-0.4, -0.2) is 23.9 Å². The highest BCUT2D eigenvalue weighted by Gasteiger charge is 2.30. The summed E-state index contributed by atoms with van der Waals surface area (Å²) in [5.41, 5.74) is 1.26. The number of methoxy groups -OCH3 is 1. The summed E-state index contributed by atoms with van der Waals surface area (Å²) >= 11 is 1.33. The van der Waals surface area contributed by atoms with Gasteiger partial charge in [-0.25, -0.2) is 4.98 Å². The Labute approximate surface area is 137 Å². The summed E-state index contributed by atoms with van der Waals surface area (Å²) in [7, 11) is 1.56. The molecule has 1 aliphatic rings. The maximum atomic E-state index is 12.1. The Bertz CT molecular complexity index is 725. The van der Waals surface area contributed by atoms with E-state index in [0.29, 0.717) is 22.3 Å². The molecule has 120 valence electrons. The van der Waals surface area contributed by atoms with Gasteiger partial charge in [0.2, 0.25) is 11.8 Å². The van der Waals surface area contributed by atoms with E-state index in [9.17, 15) is 9.59 Å². The summed E-state index contributed by atoms with van der Waals surface area (Å²) in [6.07, 6.45) is 2.05. The number of hydrogen-bond acceptors (Lipinski definition) is 5. The zero-order valence-corrected chi connectivity index (χ0v) is 13.5. The molecule has 3 rings (SSSR count). The zero-order chi connectivity index (χ0) is 16.2. The highest BCUT2D eigenvalue weighted by molar-refractivity contribution is 7.13. The number of thiazole rings is 1. The molecule has 0 radical (unpaired) electrons. The molecule has 0 aliphatic heterocycles. The second-order valence-corrected chi connectivity index (χ2v) is 6.19. The Morgan fingerprint density at radius 3 is 2.83 bits per heavy atom. The molecule has 1 fully saturated rings. The molecule has 1 heterocycles. The fourth-order valence-corrected chi connectivity index (χ4v) is 2.82. The summed E-state index contributed by atoms with van der Waals surface area (Å²) in [6.45, 7) is 0. The van der Waals surface area contributed by atoms with E-state index in [1.807, 2.05) is 12.1 Å². The molecule has 1 saturated carbocycles. The Morgan fingerprint density at radius 1 is 1.30 bits per heavy atom. The monoisotopic (exact) mass is 331 g/mol. The molecule has 0 bridgehead atoms. The number of hydrogen-bond donors (Lipinski definition) is 2. The van der Waals surface area contributed by atoms with Crippen molar-refractivity contribution in [3.63, 3.8) is 0 Å². The molecule has 7 heteroatoms. The van der Waals surface area contributed by atoms with Crippen molar-refractivity contribution < 1.29 is 14.3 Å². The molecule has 1 aromatic heterocycles. The SMILES string of the molecule is COc1ccccc1NC(=O)Cc1csc(NC(=O)C2CC2)n1. The third-order valence-corrected chi connectivity index (χ3v) is 4.26. The Balaban J connectivity index is 1.57. The molecule has 1 aliphatic carbocycles. The van der Waals surface area contributed by atoms with Crippen molar-refractivity contribution in [2.75, 3.05) is 17.7 Å².